The van der Waals surface area contributed by atoms with Crippen molar-refractivity contribution in [2.75, 3.05) is 25.2 Å². The number of aliphatic hydroxyl groups excluding tert-OH is 1. The Labute approximate surface area is 208 Å². The lowest BCUT2D eigenvalue weighted by Gasteiger charge is -2.24. The van der Waals surface area contributed by atoms with Gasteiger partial charge in [-0.25, -0.2) is 9.97 Å². The van der Waals surface area contributed by atoms with Crippen molar-refractivity contribution in [3.05, 3.63) is 78.2 Å². The zero-order valence-corrected chi connectivity index (χ0v) is 20.0. The van der Waals surface area contributed by atoms with Crippen LogP contribution in [-0.2, 0) is 11.3 Å². The predicted molar refractivity (Wildman–Crippen MR) is 137 cm³/mol. The highest BCUT2D eigenvalue weighted by Gasteiger charge is 2.23. The zero-order valence-electron chi connectivity index (χ0n) is 20.0. The van der Waals surface area contributed by atoms with Crippen molar-refractivity contribution < 1.29 is 14.9 Å². The molecule has 0 aliphatic carbocycles. The molecule has 1 aliphatic heterocycles. The topological polar surface area (TPSA) is 101 Å². The largest absolute Gasteiger partial charge is 0.381 e. The summed E-state index contributed by atoms with van der Waals surface area (Å²) in [6.07, 6.45) is 5.58. The summed E-state index contributed by atoms with van der Waals surface area (Å²) in [6, 6.07) is 16.5. The number of nitrogens with zero attached hydrogens (tertiary/aromatic N) is 6. The molecule has 1 aromatic carbocycles. The molecule has 0 saturated carbocycles. The van der Waals surface area contributed by atoms with Gasteiger partial charge in [0.25, 0.3) is 0 Å². The molecule has 5 heterocycles. The zero-order chi connectivity index (χ0) is 24.6. The molecule has 0 spiro atoms. The Morgan fingerprint density at radius 2 is 1.89 bits per heavy atom. The lowest BCUT2D eigenvalue weighted by Crippen LogP contribution is -2.20. The first-order valence-corrected chi connectivity index (χ1v) is 12.1. The Bertz CT molecular complexity index is 1500. The maximum atomic E-state index is 10.0. The van der Waals surface area contributed by atoms with Crippen LogP contribution in [0.5, 0.6) is 0 Å². The third-order valence-electron chi connectivity index (χ3n) is 6.86. The molecule has 9 heteroatoms. The van der Waals surface area contributed by atoms with E-state index in [4.69, 9.17) is 14.7 Å². The lowest BCUT2D eigenvalue weighted by molar-refractivity contribution is -0.0414. The van der Waals surface area contributed by atoms with E-state index in [0.29, 0.717) is 18.2 Å². The van der Waals surface area contributed by atoms with Crippen molar-refractivity contribution in [1.82, 2.24) is 24.1 Å². The number of benzene rings is 1. The summed E-state index contributed by atoms with van der Waals surface area (Å²) in [4.78, 5) is 11.7. The van der Waals surface area contributed by atoms with Gasteiger partial charge >= 0.3 is 0 Å². The predicted octanol–water partition coefficient (Wildman–Crippen LogP) is 3.72. The maximum Gasteiger partial charge on any atom is 0.183 e. The second kappa shape index (κ2) is 9.34. The van der Waals surface area contributed by atoms with E-state index >= 15 is 0 Å². The molecule has 0 amide bonds. The second-order valence-electron chi connectivity index (χ2n) is 9.22. The van der Waals surface area contributed by atoms with Gasteiger partial charge in [-0.2, -0.15) is 9.61 Å². The Kier molecular flexibility index (Phi) is 5.88. The summed E-state index contributed by atoms with van der Waals surface area (Å²) in [5.41, 5.74) is 4.41. The summed E-state index contributed by atoms with van der Waals surface area (Å²) in [5.74, 6) is 0.793. The Hall–Kier alpha value is -3.79. The summed E-state index contributed by atoms with van der Waals surface area (Å²) < 4.78 is 9.49. The van der Waals surface area contributed by atoms with Crippen LogP contribution >= 0.6 is 0 Å². The van der Waals surface area contributed by atoms with Crippen LogP contribution < -0.4 is 4.90 Å². The van der Waals surface area contributed by atoms with Crippen LogP contribution in [-0.4, -0.2) is 54.6 Å². The monoisotopic (exact) mass is 484 g/mol. The summed E-state index contributed by atoms with van der Waals surface area (Å²) in [5, 5.41) is 25.5. The van der Waals surface area contributed by atoms with Gasteiger partial charge in [-0.15, -0.1) is 0 Å². The molecule has 0 atom stereocenters. The van der Waals surface area contributed by atoms with Crippen molar-refractivity contribution in [2.24, 2.45) is 0 Å². The van der Waals surface area contributed by atoms with Gasteiger partial charge in [0.2, 0.25) is 0 Å². The number of pyridine rings is 1. The van der Waals surface area contributed by atoms with Crippen molar-refractivity contribution in [2.45, 2.75) is 31.7 Å². The first kappa shape index (κ1) is 22.7. The molecule has 9 nitrogen and oxygen atoms in total. The SMILES string of the molecule is CN(Cc1ccccc1)c1cc(-c2cn(C3CCOCC3)c3ncccc23)nc2c(C(O)O)cnn12. The third-order valence-corrected chi connectivity index (χ3v) is 6.86. The molecular weight excluding hydrogens is 456 g/mol. The Morgan fingerprint density at radius 1 is 1.08 bits per heavy atom. The first-order valence-electron chi connectivity index (χ1n) is 12.1. The smallest absolute Gasteiger partial charge is 0.183 e. The summed E-state index contributed by atoms with van der Waals surface area (Å²) in [6.45, 7) is 2.12. The molecule has 0 radical (unpaired) electrons. The lowest BCUT2D eigenvalue weighted by atomic mass is 10.1. The number of anilines is 1. The summed E-state index contributed by atoms with van der Waals surface area (Å²) >= 11 is 0. The van der Waals surface area contributed by atoms with E-state index in [0.717, 1.165) is 59.7 Å². The molecule has 36 heavy (non-hydrogen) atoms. The highest BCUT2D eigenvalue weighted by Crippen LogP contribution is 2.35. The van der Waals surface area contributed by atoms with Crippen LogP contribution in [0.3, 0.4) is 0 Å². The van der Waals surface area contributed by atoms with Crippen LogP contribution in [0.15, 0.2) is 67.1 Å². The van der Waals surface area contributed by atoms with Crippen LogP contribution in [0, 0.1) is 0 Å². The minimum Gasteiger partial charge on any atom is -0.381 e. The number of hydrogen-bond acceptors (Lipinski definition) is 7. The van der Waals surface area contributed by atoms with E-state index in [-0.39, 0.29) is 5.56 Å². The third kappa shape index (κ3) is 4.01. The van der Waals surface area contributed by atoms with E-state index < -0.39 is 6.29 Å². The van der Waals surface area contributed by atoms with Crippen LogP contribution in [0.25, 0.3) is 27.9 Å². The van der Waals surface area contributed by atoms with Gasteiger partial charge in [0.05, 0.1) is 17.5 Å². The molecular formula is C27H28N6O3. The molecule has 4 aromatic heterocycles. The van der Waals surface area contributed by atoms with Gasteiger partial charge in [-0.05, 0) is 30.5 Å². The van der Waals surface area contributed by atoms with Gasteiger partial charge in [-0.1, -0.05) is 30.3 Å². The number of rotatable bonds is 6. The highest BCUT2D eigenvalue weighted by molar-refractivity contribution is 5.94. The Balaban J connectivity index is 1.52. The van der Waals surface area contributed by atoms with Gasteiger partial charge in [0.15, 0.2) is 11.9 Å². The number of aliphatic hydroxyl groups is 2. The minimum atomic E-state index is -1.68. The standard InChI is InChI=1S/C27H28N6O3/c1-31(16-18-6-3-2-4-7-18)24-14-23(30-26-21(27(34)35)15-29-33(24)26)22-17-32(19-9-12-36-13-10-19)25-20(22)8-5-11-28-25/h2-8,11,14-15,17,19,27,34-35H,9-10,12-13,16H2,1H3. The van der Waals surface area contributed by atoms with Crippen LogP contribution in [0.2, 0.25) is 0 Å². The molecule has 5 aromatic rings. The minimum absolute atomic E-state index is 0.262. The number of aromatic nitrogens is 5. The second-order valence-corrected chi connectivity index (χ2v) is 9.22. The van der Waals surface area contributed by atoms with Crippen LogP contribution in [0.1, 0.15) is 36.3 Å². The fourth-order valence-electron chi connectivity index (χ4n) is 5.02. The average molecular weight is 485 g/mol. The van der Waals surface area contributed by atoms with E-state index in [2.05, 4.69) is 39.0 Å². The van der Waals surface area contributed by atoms with Gasteiger partial charge < -0.3 is 24.4 Å². The fourth-order valence-corrected chi connectivity index (χ4v) is 5.02. The van der Waals surface area contributed by atoms with Crippen molar-refractivity contribution in [1.29, 1.82) is 0 Å². The van der Waals surface area contributed by atoms with E-state index in [1.807, 2.05) is 43.6 Å². The average Bonchev–Trinajstić information content (AvgIpc) is 3.51. The molecule has 0 unspecified atom stereocenters. The van der Waals surface area contributed by atoms with E-state index in [9.17, 15) is 10.2 Å². The Morgan fingerprint density at radius 3 is 2.67 bits per heavy atom. The van der Waals surface area contributed by atoms with E-state index in [1.54, 1.807) is 4.52 Å². The number of ether oxygens (including phenoxy) is 1. The molecule has 1 saturated heterocycles. The normalized spacial score (nSPS) is 14.8. The maximum absolute atomic E-state index is 10.0. The van der Waals surface area contributed by atoms with Gasteiger partial charge in [0.1, 0.15) is 11.5 Å². The van der Waals surface area contributed by atoms with E-state index in [1.165, 1.54) is 6.20 Å². The molecule has 1 fully saturated rings. The fraction of sp³-hybridized carbons (Fsp3) is 0.296. The first-order chi connectivity index (χ1) is 17.6. The van der Waals surface area contributed by atoms with Gasteiger partial charge in [0, 0.05) is 62.3 Å². The van der Waals surface area contributed by atoms with Crippen molar-refractivity contribution in [3.63, 3.8) is 0 Å². The molecule has 0 bridgehead atoms. The van der Waals surface area contributed by atoms with Crippen molar-refractivity contribution >= 4 is 22.5 Å². The van der Waals surface area contributed by atoms with Gasteiger partial charge in [-0.3, -0.25) is 0 Å². The number of fused-ring (bicyclic) bond motifs is 2. The summed E-state index contributed by atoms with van der Waals surface area (Å²) in [7, 11) is 2.00. The molecule has 6 rings (SSSR count). The highest BCUT2D eigenvalue weighted by atomic mass is 16.5. The molecule has 184 valence electrons. The van der Waals surface area contributed by atoms with Crippen molar-refractivity contribution in [3.8, 4) is 11.3 Å². The van der Waals surface area contributed by atoms with Crippen LogP contribution in [0.4, 0.5) is 5.82 Å². The molecule has 1 aliphatic rings. The quantitative estimate of drug-likeness (QED) is 0.354. The number of hydrogen-bond donors (Lipinski definition) is 2. The molecule has 2 N–H and O–H groups in total.